The van der Waals surface area contributed by atoms with E-state index in [1.165, 1.54) is 11.1 Å². The van der Waals surface area contributed by atoms with Gasteiger partial charge in [-0.2, -0.15) is 0 Å². The molecular weight excluding hydrogens is 256 g/mol. The van der Waals surface area contributed by atoms with E-state index >= 15 is 0 Å². The van der Waals surface area contributed by atoms with E-state index in [4.69, 9.17) is 0 Å². The van der Waals surface area contributed by atoms with Gasteiger partial charge in [0.2, 0.25) is 0 Å². The SMILES string of the molecule is Cc1ccccc1CCNC(=O)NCc1cccs1. The number of nitrogens with one attached hydrogen (secondary N) is 2. The molecule has 1 aromatic carbocycles. The van der Waals surface area contributed by atoms with E-state index in [1.807, 2.05) is 29.6 Å². The third-order valence-corrected chi connectivity index (χ3v) is 3.82. The van der Waals surface area contributed by atoms with Gasteiger partial charge in [-0.05, 0) is 35.9 Å². The van der Waals surface area contributed by atoms with Gasteiger partial charge in [0.25, 0.3) is 0 Å². The average Bonchev–Trinajstić information content (AvgIpc) is 2.92. The molecule has 1 aromatic heterocycles. The van der Waals surface area contributed by atoms with Crippen LogP contribution in [0.25, 0.3) is 0 Å². The van der Waals surface area contributed by atoms with Crippen LogP contribution in [0.1, 0.15) is 16.0 Å². The number of amides is 2. The number of urea groups is 1. The molecule has 3 nitrogen and oxygen atoms in total. The smallest absolute Gasteiger partial charge is 0.315 e. The summed E-state index contributed by atoms with van der Waals surface area (Å²) in [6.07, 6.45) is 0.860. The highest BCUT2D eigenvalue weighted by atomic mass is 32.1. The number of hydrogen-bond donors (Lipinski definition) is 2. The molecular formula is C15H18N2OS. The second-order valence-electron chi connectivity index (χ2n) is 4.37. The van der Waals surface area contributed by atoms with Crippen molar-refractivity contribution in [1.82, 2.24) is 10.6 Å². The van der Waals surface area contributed by atoms with Crippen LogP contribution < -0.4 is 10.6 Å². The predicted molar refractivity (Wildman–Crippen MR) is 79.4 cm³/mol. The molecule has 0 atom stereocenters. The Morgan fingerprint density at radius 3 is 2.74 bits per heavy atom. The molecule has 2 aromatic rings. The first-order valence-corrected chi connectivity index (χ1v) is 7.22. The van der Waals surface area contributed by atoms with Crippen LogP contribution in [0.5, 0.6) is 0 Å². The van der Waals surface area contributed by atoms with Crippen LogP contribution in [-0.2, 0) is 13.0 Å². The third-order valence-electron chi connectivity index (χ3n) is 2.94. The minimum Gasteiger partial charge on any atom is -0.338 e. The summed E-state index contributed by atoms with van der Waals surface area (Å²) < 4.78 is 0. The normalized spacial score (nSPS) is 10.2. The highest BCUT2D eigenvalue weighted by Gasteiger charge is 2.01. The molecule has 0 unspecified atom stereocenters. The zero-order valence-corrected chi connectivity index (χ0v) is 11.8. The molecule has 0 spiro atoms. The van der Waals surface area contributed by atoms with E-state index in [2.05, 4.69) is 29.7 Å². The Morgan fingerprint density at radius 2 is 2.00 bits per heavy atom. The van der Waals surface area contributed by atoms with E-state index in [-0.39, 0.29) is 6.03 Å². The van der Waals surface area contributed by atoms with Gasteiger partial charge in [0, 0.05) is 11.4 Å². The highest BCUT2D eigenvalue weighted by molar-refractivity contribution is 7.09. The summed E-state index contributed by atoms with van der Waals surface area (Å²) in [6, 6.07) is 12.1. The second-order valence-corrected chi connectivity index (χ2v) is 5.40. The minimum atomic E-state index is -0.109. The molecule has 100 valence electrons. The lowest BCUT2D eigenvalue weighted by molar-refractivity contribution is 0.240. The van der Waals surface area contributed by atoms with E-state index < -0.39 is 0 Å². The van der Waals surface area contributed by atoms with Crippen LogP contribution in [-0.4, -0.2) is 12.6 Å². The summed E-state index contributed by atoms with van der Waals surface area (Å²) in [7, 11) is 0. The van der Waals surface area contributed by atoms with Gasteiger partial charge >= 0.3 is 6.03 Å². The van der Waals surface area contributed by atoms with Crippen molar-refractivity contribution in [2.24, 2.45) is 0 Å². The maximum Gasteiger partial charge on any atom is 0.315 e. The fourth-order valence-electron chi connectivity index (χ4n) is 1.84. The van der Waals surface area contributed by atoms with Crippen molar-refractivity contribution in [3.05, 3.63) is 57.8 Å². The minimum absolute atomic E-state index is 0.109. The summed E-state index contributed by atoms with van der Waals surface area (Å²) in [6.45, 7) is 3.33. The van der Waals surface area contributed by atoms with Crippen LogP contribution in [0.4, 0.5) is 4.79 Å². The summed E-state index contributed by atoms with van der Waals surface area (Å²) in [4.78, 5) is 12.8. The zero-order valence-electron chi connectivity index (χ0n) is 11.0. The molecule has 4 heteroatoms. The fraction of sp³-hybridized carbons (Fsp3) is 0.267. The van der Waals surface area contributed by atoms with E-state index in [1.54, 1.807) is 11.3 Å². The average molecular weight is 274 g/mol. The predicted octanol–water partition coefficient (Wildman–Crippen LogP) is 3.10. The van der Waals surface area contributed by atoms with Crippen LogP contribution >= 0.6 is 11.3 Å². The fourth-order valence-corrected chi connectivity index (χ4v) is 2.49. The molecule has 2 rings (SSSR count). The molecule has 2 amide bonds. The number of carbonyl (C=O) groups is 1. The van der Waals surface area contributed by atoms with Crippen molar-refractivity contribution in [2.45, 2.75) is 19.9 Å². The summed E-state index contributed by atoms with van der Waals surface area (Å²) >= 11 is 1.65. The number of hydrogen-bond acceptors (Lipinski definition) is 2. The van der Waals surface area contributed by atoms with E-state index in [9.17, 15) is 4.79 Å². The summed E-state index contributed by atoms with van der Waals surface area (Å²) in [5, 5.41) is 7.73. The zero-order chi connectivity index (χ0) is 13.5. The molecule has 2 N–H and O–H groups in total. The van der Waals surface area contributed by atoms with Crippen molar-refractivity contribution in [3.8, 4) is 0 Å². The number of rotatable bonds is 5. The van der Waals surface area contributed by atoms with Gasteiger partial charge < -0.3 is 10.6 Å². The molecule has 0 fully saturated rings. The Labute approximate surface area is 117 Å². The van der Waals surface area contributed by atoms with Gasteiger partial charge in [-0.1, -0.05) is 30.3 Å². The second kappa shape index (κ2) is 6.95. The molecule has 0 saturated heterocycles. The topological polar surface area (TPSA) is 41.1 Å². The summed E-state index contributed by atoms with van der Waals surface area (Å²) in [5.41, 5.74) is 2.55. The van der Waals surface area contributed by atoms with Crippen molar-refractivity contribution in [2.75, 3.05) is 6.54 Å². The molecule has 0 radical (unpaired) electrons. The van der Waals surface area contributed by atoms with Gasteiger partial charge in [-0.25, -0.2) is 4.79 Å². The van der Waals surface area contributed by atoms with Gasteiger partial charge in [0.05, 0.1) is 6.54 Å². The van der Waals surface area contributed by atoms with Crippen LogP contribution in [0.3, 0.4) is 0 Å². The number of benzene rings is 1. The molecule has 0 bridgehead atoms. The van der Waals surface area contributed by atoms with Crippen LogP contribution in [0.2, 0.25) is 0 Å². The highest BCUT2D eigenvalue weighted by Crippen LogP contribution is 2.08. The van der Waals surface area contributed by atoms with Gasteiger partial charge in [-0.3, -0.25) is 0 Å². The van der Waals surface area contributed by atoms with Crippen molar-refractivity contribution in [1.29, 1.82) is 0 Å². The van der Waals surface area contributed by atoms with Gasteiger partial charge in [-0.15, -0.1) is 11.3 Å². The Hall–Kier alpha value is -1.81. The van der Waals surface area contributed by atoms with Crippen molar-refractivity contribution in [3.63, 3.8) is 0 Å². The Morgan fingerprint density at radius 1 is 1.16 bits per heavy atom. The Bertz CT molecular complexity index is 523. The molecule has 1 heterocycles. The molecule has 0 saturated carbocycles. The molecule has 0 aliphatic carbocycles. The first-order chi connectivity index (χ1) is 9.25. The Balaban J connectivity index is 1.68. The van der Waals surface area contributed by atoms with Crippen LogP contribution in [0, 0.1) is 6.92 Å². The van der Waals surface area contributed by atoms with E-state index in [0.29, 0.717) is 13.1 Å². The molecule has 19 heavy (non-hydrogen) atoms. The van der Waals surface area contributed by atoms with Crippen LogP contribution in [0.15, 0.2) is 41.8 Å². The first kappa shape index (κ1) is 13.6. The number of aryl methyl sites for hydroxylation is 1. The molecule has 0 aliphatic heterocycles. The lowest BCUT2D eigenvalue weighted by atomic mass is 10.1. The lowest BCUT2D eigenvalue weighted by Crippen LogP contribution is -2.36. The first-order valence-electron chi connectivity index (χ1n) is 6.34. The standard InChI is InChI=1S/C15H18N2OS/c1-12-5-2-3-6-13(12)8-9-16-15(18)17-11-14-7-4-10-19-14/h2-7,10H,8-9,11H2,1H3,(H2,16,17,18). The van der Waals surface area contributed by atoms with Crippen molar-refractivity contribution >= 4 is 17.4 Å². The van der Waals surface area contributed by atoms with Gasteiger partial charge in [0.15, 0.2) is 0 Å². The third kappa shape index (κ3) is 4.41. The van der Waals surface area contributed by atoms with Crippen molar-refractivity contribution < 1.29 is 4.79 Å². The maximum atomic E-state index is 11.6. The Kier molecular flexibility index (Phi) is 4.98. The summed E-state index contributed by atoms with van der Waals surface area (Å²) in [5.74, 6) is 0. The quantitative estimate of drug-likeness (QED) is 0.864. The number of carbonyl (C=O) groups excluding carboxylic acids is 1. The molecule has 0 aliphatic rings. The number of thiophene rings is 1. The lowest BCUT2D eigenvalue weighted by Gasteiger charge is -2.08. The maximum absolute atomic E-state index is 11.6. The van der Waals surface area contributed by atoms with Gasteiger partial charge in [0.1, 0.15) is 0 Å². The van der Waals surface area contributed by atoms with E-state index in [0.717, 1.165) is 11.3 Å². The monoisotopic (exact) mass is 274 g/mol. The largest absolute Gasteiger partial charge is 0.338 e.